The highest BCUT2D eigenvalue weighted by atomic mass is 127. The van der Waals surface area contributed by atoms with Gasteiger partial charge in [-0.05, 0) is 72.3 Å². The lowest BCUT2D eigenvalue weighted by Crippen LogP contribution is -1.99. The average molecular weight is 372 g/mol. The van der Waals surface area contributed by atoms with Gasteiger partial charge in [-0.1, -0.05) is 6.07 Å². The van der Waals surface area contributed by atoms with E-state index in [1.54, 1.807) is 19.9 Å². The predicted octanol–water partition coefficient (Wildman–Crippen LogP) is 4.58. The van der Waals surface area contributed by atoms with Crippen molar-refractivity contribution in [1.29, 1.82) is 0 Å². The van der Waals surface area contributed by atoms with Gasteiger partial charge in [0.05, 0.1) is 6.10 Å². The Morgan fingerprint density at radius 1 is 1.26 bits per heavy atom. The number of hydrogen-bond acceptors (Lipinski definition) is 2. The Hall–Kier alpha value is -1.14. The van der Waals surface area contributed by atoms with Gasteiger partial charge in [0.25, 0.3) is 0 Å². The maximum absolute atomic E-state index is 13.6. The first-order valence-electron chi connectivity index (χ1n) is 5.89. The third kappa shape index (κ3) is 3.45. The molecule has 0 aliphatic rings. The fraction of sp³-hybridized carbons (Fsp3) is 0.200. The Morgan fingerprint density at radius 2 is 2.00 bits per heavy atom. The fourth-order valence-corrected chi connectivity index (χ4v) is 2.26. The Kier molecular flexibility index (Phi) is 4.42. The molecule has 0 amide bonds. The van der Waals surface area contributed by atoms with E-state index in [2.05, 4.69) is 22.6 Å². The Balaban J connectivity index is 2.41. The van der Waals surface area contributed by atoms with Crippen molar-refractivity contribution in [3.8, 4) is 11.5 Å². The smallest absolute Gasteiger partial charge is 0.133 e. The zero-order chi connectivity index (χ0) is 14.0. The summed E-state index contributed by atoms with van der Waals surface area (Å²) >= 11 is 2.19. The van der Waals surface area contributed by atoms with E-state index in [0.29, 0.717) is 22.6 Å². The largest absolute Gasteiger partial charge is 0.457 e. The van der Waals surface area contributed by atoms with Crippen LogP contribution in [-0.4, -0.2) is 5.11 Å². The minimum absolute atomic E-state index is 0.342. The molecule has 0 fully saturated rings. The lowest BCUT2D eigenvalue weighted by molar-refractivity contribution is 0.195. The van der Waals surface area contributed by atoms with E-state index in [4.69, 9.17) is 4.74 Å². The monoisotopic (exact) mass is 372 g/mol. The van der Waals surface area contributed by atoms with Gasteiger partial charge in [0.1, 0.15) is 17.3 Å². The first-order chi connectivity index (χ1) is 8.97. The van der Waals surface area contributed by atoms with Gasteiger partial charge in [-0.15, -0.1) is 0 Å². The molecule has 0 aliphatic carbocycles. The highest BCUT2D eigenvalue weighted by Crippen LogP contribution is 2.32. The van der Waals surface area contributed by atoms with E-state index < -0.39 is 6.10 Å². The van der Waals surface area contributed by atoms with Crippen molar-refractivity contribution in [3.63, 3.8) is 0 Å². The van der Waals surface area contributed by atoms with E-state index >= 15 is 0 Å². The van der Waals surface area contributed by atoms with Gasteiger partial charge in [0.2, 0.25) is 0 Å². The van der Waals surface area contributed by atoms with E-state index in [-0.39, 0.29) is 5.82 Å². The summed E-state index contributed by atoms with van der Waals surface area (Å²) in [6.45, 7) is 3.26. The molecule has 0 unspecified atom stereocenters. The maximum atomic E-state index is 13.6. The van der Waals surface area contributed by atoms with Crippen LogP contribution in [0.5, 0.6) is 11.5 Å². The lowest BCUT2D eigenvalue weighted by Gasteiger charge is -2.14. The van der Waals surface area contributed by atoms with Crippen LogP contribution in [0.3, 0.4) is 0 Å². The fourth-order valence-electron chi connectivity index (χ4n) is 1.74. The number of halogens is 2. The number of aryl methyl sites for hydroxylation is 1. The van der Waals surface area contributed by atoms with Crippen molar-refractivity contribution in [2.75, 3.05) is 0 Å². The molecule has 19 heavy (non-hydrogen) atoms. The molecule has 2 nitrogen and oxygen atoms in total. The van der Waals surface area contributed by atoms with Crippen molar-refractivity contribution in [1.82, 2.24) is 0 Å². The summed E-state index contributed by atoms with van der Waals surface area (Å²) in [5.74, 6) is 0.807. The first-order valence-corrected chi connectivity index (χ1v) is 6.97. The first kappa shape index (κ1) is 14.3. The Labute approximate surface area is 125 Å². The molecule has 0 radical (unpaired) electrons. The standard InChI is InChI=1S/C15H14FIO2/c1-9-6-15(13(10(2)18)8-14(9)16)19-12-5-3-4-11(17)7-12/h3-8,10,18H,1-2H3/t10-/m1/s1. The number of benzene rings is 2. The summed E-state index contributed by atoms with van der Waals surface area (Å²) in [6.07, 6.45) is -0.784. The average Bonchev–Trinajstić information content (AvgIpc) is 2.33. The zero-order valence-corrected chi connectivity index (χ0v) is 12.8. The summed E-state index contributed by atoms with van der Waals surface area (Å²) in [6, 6.07) is 10.5. The topological polar surface area (TPSA) is 29.5 Å². The third-order valence-corrected chi connectivity index (χ3v) is 3.44. The second kappa shape index (κ2) is 5.88. The van der Waals surface area contributed by atoms with Gasteiger partial charge < -0.3 is 9.84 Å². The van der Waals surface area contributed by atoms with Gasteiger partial charge in [0.15, 0.2) is 0 Å². The van der Waals surface area contributed by atoms with Gasteiger partial charge in [0, 0.05) is 9.13 Å². The number of aliphatic hydroxyl groups is 1. The molecule has 0 aliphatic heterocycles. The van der Waals surface area contributed by atoms with E-state index in [0.717, 1.165) is 3.57 Å². The minimum atomic E-state index is -0.784. The highest BCUT2D eigenvalue weighted by Gasteiger charge is 2.13. The molecule has 0 heterocycles. The molecule has 2 aromatic carbocycles. The van der Waals surface area contributed by atoms with Crippen molar-refractivity contribution in [3.05, 3.63) is 56.9 Å². The van der Waals surface area contributed by atoms with Crippen LogP contribution in [0.2, 0.25) is 0 Å². The van der Waals surface area contributed by atoms with Crippen molar-refractivity contribution >= 4 is 22.6 Å². The second-order valence-electron chi connectivity index (χ2n) is 4.37. The van der Waals surface area contributed by atoms with Gasteiger partial charge in [-0.3, -0.25) is 0 Å². The van der Waals surface area contributed by atoms with Crippen LogP contribution < -0.4 is 4.74 Å². The van der Waals surface area contributed by atoms with E-state index in [9.17, 15) is 9.50 Å². The lowest BCUT2D eigenvalue weighted by atomic mass is 10.1. The van der Waals surface area contributed by atoms with Crippen molar-refractivity contribution in [2.45, 2.75) is 20.0 Å². The number of hydrogen-bond donors (Lipinski definition) is 1. The van der Waals surface area contributed by atoms with Crippen LogP contribution in [0.4, 0.5) is 4.39 Å². The summed E-state index contributed by atoms with van der Waals surface area (Å²) in [5, 5.41) is 9.70. The quantitative estimate of drug-likeness (QED) is 0.799. The van der Waals surface area contributed by atoms with Crippen LogP contribution in [0, 0.1) is 16.3 Å². The zero-order valence-electron chi connectivity index (χ0n) is 10.7. The molecule has 2 aromatic rings. The van der Waals surface area contributed by atoms with Gasteiger partial charge in [-0.2, -0.15) is 0 Å². The molecule has 2 rings (SSSR count). The molecule has 1 N–H and O–H groups in total. The number of rotatable bonds is 3. The summed E-state index contributed by atoms with van der Waals surface area (Å²) in [7, 11) is 0. The van der Waals surface area contributed by atoms with E-state index in [1.165, 1.54) is 6.07 Å². The summed E-state index contributed by atoms with van der Waals surface area (Å²) in [5.41, 5.74) is 0.937. The van der Waals surface area contributed by atoms with Crippen molar-refractivity contribution < 1.29 is 14.2 Å². The predicted molar refractivity (Wildman–Crippen MR) is 81.0 cm³/mol. The summed E-state index contributed by atoms with van der Waals surface area (Å²) in [4.78, 5) is 0. The third-order valence-electron chi connectivity index (χ3n) is 2.77. The molecule has 1 atom stereocenters. The SMILES string of the molecule is Cc1cc(Oc2cccc(I)c2)c([C@@H](C)O)cc1F. The van der Waals surface area contributed by atoms with Crippen LogP contribution in [-0.2, 0) is 0 Å². The Morgan fingerprint density at radius 3 is 2.63 bits per heavy atom. The van der Waals surface area contributed by atoms with Gasteiger partial charge >= 0.3 is 0 Å². The molecule has 100 valence electrons. The molecule has 0 aromatic heterocycles. The highest BCUT2D eigenvalue weighted by molar-refractivity contribution is 14.1. The molecule has 0 saturated heterocycles. The van der Waals surface area contributed by atoms with E-state index in [1.807, 2.05) is 24.3 Å². The van der Waals surface area contributed by atoms with Crippen molar-refractivity contribution in [2.24, 2.45) is 0 Å². The van der Waals surface area contributed by atoms with Crippen LogP contribution >= 0.6 is 22.6 Å². The summed E-state index contributed by atoms with van der Waals surface area (Å²) < 4.78 is 20.4. The molecule has 0 spiro atoms. The van der Waals surface area contributed by atoms with Crippen LogP contribution in [0.15, 0.2) is 36.4 Å². The molecule has 4 heteroatoms. The molecule has 0 saturated carbocycles. The number of aliphatic hydroxyl groups excluding tert-OH is 1. The number of ether oxygens (including phenoxy) is 1. The van der Waals surface area contributed by atoms with Gasteiger partial charge in [-0.25, -0.2) is 4.39 Å². The Bertz CT molecular complexity index is 597. The molecular formula is C15H14FIO2. The molecular weight excluding hydrogens is 358 g/mol. The second-order valence-corrected chi connectivity index (χ2v) is 5.62. The molecule has 0 bridgehead atoms. The van der Waals surface area contributed by atoms with Crippen LogP contribution in [0.25, 0.3) is 0 Å². The van der Waals surface area contributed by atoms with Crippen LogP contribution in [0.1, 0.15) is 24.2 Å². The maximum Gasteiger partial charge on any atom is 0.133 e. The minimum Gasteiger partial charge on any atom is -0.457 e. The normalized spacial score (nSPS) is 12.3.